The minimum atomic E-state index is 0.300. The van der Waals surface area contributed by atoms with Gasteiger partial charge in [0.05, 0.1) is 12.3 Å². The number of rotatable bonds is 2. The molecule has 0 N–H and O–H groups in total. The Morgan fingerprint density at radius 1 is 1.26 bits per heavy atom. The van der Waals surface area contributed by atoms with E-state index in [9.17, 15) is 0 Å². The first kappa shape index (κ1) is 12.6. The molecule has 0 fully saturated rings. The van der Waals surface area contributed by atoms with Gasteiger partial charge in [-0.25, -0.2) is 9.97 Å². The normalized spacial score (nSPS) is 13.5. The van der Waals surface area contributed by atoms with Crippen LogP contribution < -0.4 is 4.74 Å². The number of para-hydroxylation sites is 1. The van der Waals surface area contributed by atoms with Crippen LogP contribution in [0.15, 0.2) is 28.9 Å². The lowest BCUT2D eigenvalue weighted by atomic mass is 10.1. The van der Waals surface area contributed by atoms with E-state index in [1.54, 1.807) is 0 Å². The van der Waals surface area contributed by atoms with E-state index in [2.05, 4.69) is 57.9 Å². The molecule has 0 radical (unpaired) electrons. The zero-order valence-corrected chi connectivity index (χ0v) is 12.6. The number of aromatic nitrogens is 2. The second kappa shape index (κ2) is 4.93. The predicted molar refractivity (Wildman–Crippen MR) is 78.5 cm³/mol. The number of benzene rings is 1. The summed E-state index contributed by atoms with van der Waals surface area (Å²) in [4.78, 5) is 9.08. The van der Waals surface area contributed by atoms with E-state index < -0.39 is 0 Å². The van der Waals surface area contributed by atoms with Gasteiger partial charge in [0.2, 0.25) is 0 Å². The van der Waals surface area contributed by atoms with Crippen molar-refractivity contribution >= 4 is 15.9 Å². The van der Waals surface area contributed by atoms with Crippen LogP contribution >= 0.6 is 15.9 Å². The minimum absolute atomic E-state index is 0.300. The fourth-order valence-corrected chi connectivity index (χ4v) is 2.65. The van der Waals surface area contributed by atoms with Gasteiger partial charge in [0.15, 0.2) is 0 Å². The van der Waals surface area contributed by atoms with Crippen LogP contribution in [-0.4, -0.2) is 16.6 Å². The summed E-state index contributed by atoms with van der Waals surface area (Å²) in [5, 5.41) is 0. The summed E-state index contributed by atoms with van der Waals surface area (Å²) in [6.07, 6.45) is 0.979. The SMILES string of the molecule is CC(C)c1nc(Br)cc(-c2cccc3c2OCC3)n1. The highest BCUT2D eigenvalue weighted by molar-refractivity contribution is 9.10. The first-order chi connectivity index (χ1) is 9.15. The summed E-state index contributed by atoms with van der Waals surface area (Å²) in [5.74, 6) is 2.12. The zero-order chi connectivity index (χ0) is 13.4. The molecule has 19 heavy (non-hydrogen) atoms. The second-order valence-electron chi connectivity index (χ2n) is 4.98. The summed E-state index contributed by atoms with van der Waals surface area (Å²) >= 11 is 3.47. The van der Waals surface area contributed by atoms with Gasteiger partial charge < -0.3 is 4.74 Å². The largest absolute Gasteiger partial charge is 0.492 e. The van der Waals surface area contributed by atoms with Crippen LogP contribution in [0.1, 0.15) is 31.2 Å². The van der Waals surface area contributed by atoms with Crippen molar-refractivity contribution in [2.24, 2.45) is 0 Å². The summed E-state index contributed by atoms with van der Waals surface area (Å²) in [5.41, 5.74) is 3.24. The number of halogens is 1. The number of hydrogen-bond donors (Lipinski definition) is 0. The maximum atomic E-state index is 5.75. The van der Waals surface area contributed by atoms with Crippen molar-refractivity contribution < 1.29 is 4.74 Å². The van der Waals surface area contributed by atoms with Crippen LogP contribution in [0.25, 0.3) is 11.3 Å². The summed E-state index contributed by atoms with van der Waals surface area (Å²) in [7, 11) is 0. The molecule has 4 heteroatoms. The molecule has 3 rings (SSSR count). The molecule has 1 aliphatic rings. The molecule has 0 saturated carbocycles. The lowest BCUT2D eigenvalue weighted by Crippen LogP contribution is -2.00. The monoisotopic (exact) mass is 318 g/mol. The first-order valence-electron chi connectivity index (χ1n) is 6.44. The Labute approximate surface area is 121 Å². The molecule has 1 aromatic carbocycles. The highest BCUT2D eigenvalue weighted by Gasteiger charge is 2.19. The van der Waals surface area contributed by atoms with E-state index in [4.69, 9.17) is 4.74 Å². The molecule has 98 valence electrons. The highest BCUT2D eigenvalue weighted by Crippen LogP contribution is 2.36. The van der Waals surface area contributed by atoms with E-state index in [0.717, 1.165) is 40.5 Å². The third-order valence-corrected chi connectivity index (χ3v) is 3.63. The van der Waals surface area contributed by atoms with Gasteiger partial charge in [0, 0.05) is 17.9 Å². The molecule has 1 aromatic heterocycles. The Balaban J connectivity index is 2.15. The zero-order valence-electron chi connectivity index (χ0n) is 11.0. The second-order valence-corrected chi connectivity index (χ2v) is 5.79. The van der Waals surface area contributed by atoms with Gasteiger partial charge in [0.1, 0.15) is 16.2 Å². The molecule has 0 bridgehead atoms. The molecular weight excluding hydrogens is 304 g/mol. The quantitative estimate of drug-likeness (QED) is 0.786. The van der Waals surface area contributed by atoms with E-state index in [-0.39, 0.29) is 0 Å². The molecule has 2 heterocycles. The van der Waals surface area contributed by atoms with Crippen molar-refractivity contribution in [2.45, 2.75) is 26.2 Å². The van der Waals surface area contributed by atoms with Gasteiger partial charge in [-0.05, 0) is 33.6 Å². The van der Waals surface area contributed by atoms with Crippen molar-refractivity contribution in [3.05, 3.63) is 40.3 Å². The average molecular weight is 319 g/mol. The van der Waals surface area contributed by atoms with Gasteiger partial charge in [-0.15, -0.1) is 0 Å². The van der Waals surface area contributed by atoms with Crippen LogP contribution in [0.5, 0.6) is 5.75 Å². The Hall–Kier alpha value is -1.42. The Morgan fingerprint density at radius 2 is 2.11 bits per heavy atom. The number of nitrogens with zero attached hydrogens (tertiary/aromatic N) is 2. The van der Waals surface area contributed by atoms with E-state index in [0.29, 0.717) is 5.92 Å². The van der Waals surface area contributed by atoms with Crippen molar-refractivity contribution in [1.29, 1.82) is 0 Å². The third kappa shape index (κ3) is 2.37. The molecule has 0 amide bonds. The third-order valence-electron chi connectivity index (χ3n) is 3.22. The van der Waals surface area contributed by atoms with Crippen molar-refractivity contribution in [3.63, 3.8) is 0 Å². The maximum Gasteiger partial charge on any atom is 0.132 e. The van der Waals surface area contributed by atoms with Crippen LogP contribution in [0.2, 0.25) is 0 Å². The molecule has 0 spiro atoms. The molecule has 0 atom stereocenters. The summed E-state index contributed by atoms with van der Waals surface area (Å²) < 4.78 is 6.56. The van der Waals surface area contributed by atoms with Crippen LogP contribution in [0.4, 0.5) is 0 Å². The first-order valence-corrected chi connectivity index (χ1v) is 7.24. The molecule has 1 aliphatic heterocycles. The molecule has 2 aromatic rings. The minimum Gasteiger partial charge on any atom is -0.492 e. The van der Waals surface area contributed by atoms with Gasteiger partial charge in [-0.3, -0.25) is 0 Å². The molecule has 0 saturated heterocycles. The topological polar surface area (TPSA) is 35.0 Å². The van der Waals surface area contributed by atoms with Crippen molar-refractivity contribution in [3.8, 4) is 17.0 Å². The number of fused-ring (bicyclic) bond motifs is 1. The number of ether oxygens (including phenoxy) is 1. The Bertz CT molecular complexity index is 626. The molecular formula is C15H15BrN2O. The predicted octanol–water partition coefficient (Wildman–Crippen LogP) is 3.96. The Morgan fingerprint density at radius 3 is 2.89 bits per heavy atom. The lowest BCUT2D eigenvalue weighted by Gasteiger charge is -2.10. The Kier molecular flexibility index (Phi) is 3.27. The lowest BCUT2D eigenvalue weighted by molar-refractivity contribution is 0.358. The maximum absolute atomic E-state index is 5.75. The van der Waals surface area contributed by atoms with Gasteiger partial charge >= 0.3 is 0 Å². The molecule has 0 aliphatic carbocycles. The smallest absolute Gasteiger partial charge is 0.132 e. The van der Waals surface area contributed by atoms with E-state index >= 15 is 0 Å². The van der Waals surface area contributed by atoms with E-state index in [1.807, 2.05) is 6.07 Å². The molecule has 0 unspecified atom stereocenters. The van der Waals surface area contributed by atoms with Crippen LogP contribution in [0, 0.1) is 0 Å². The van der Waals surface area contributed by atoms with Crippen molar-refractivity contribution in [1.82, 2.24) is 9.97 Å². The fourth-order valence-electron chi connectivity index (χ4n) is 2.25. The standard InChI is InChI=1S/C15H15BrN2O/c1-9(2)15-17-12(8-13(16)18-15)11-5-3-4-10-6-7-19-14(10)11/h3-5,8-9H,6-7H2,1-2H3. The van der Waals surface area contributed by atoms with Gasteiger partial charge in [0.25, 0.3) is 0 Å². The molecule has 3 nitrogen and oxygen atoms in total. The van der Waals surface area contributed by atoms with Crippen LogP contribution in [-0.2, 0) is 6.42 Å². The fraction of sp³-hybridized carbons (Fsp3) is 0.333. The number of hydrogen-bond acceptors (Lipinski definition) is 3. The van der Waals surface area contributed by atoms with E-state index in [1.165, 1.54) is 5.56 Å². The summed E-state index contributed by atoms with van der Waals surface area (Å²) in [6.45, 7) is 4.95. The van der Waals surface area contributed by atoms with Crippen LogP contribution in [0.3, 0.4) is 0 Å². The summed E-state index contributed by atoms with van der Waals surface area (Å²) in [6, 6.07) is 8.19. The highest BCUT2D eigenvalue weighted by atomic mass is 79.9. The average Bonchev–Trinajstić information content (AvgIpc) is 2.85. The van der Waals surface area contributed by atoms with Crippen molar-refractivity contribution in [2.75, 3.05) is 6.61 Å². The van der Waals surface area contributed by atoms with Gasteiger partial charge in [-0.1, -0.05) is 26.0 Å². The van der Waals surface area contributed by atoms with Gasteiger partial charge in [-0.2, -0.15) is 0 Å².